The molecule has 2 rings (SSSR count). The largest absolute Gasteiger partial charge is 0.480 e. The first-order chi connectivity index (χ1) is 9.85. The zero-order valence-corrected chi connectivity index (χ0v) is 13.4. The van der Waals surface area contributed by atoms with Gasteiger partial charge in [-0.2, -0.15) is 5.10 Å². The number of aromatic nitrogens is 2. The van der Waals surface area contributed by atoms with Gasteiger partial charge in [0.2, 0.25) is 0 Å². The zero-order valence-electron chi connectivity index (χ0n) is 12.6. The Morgan fingerprint density at radius 3 is 2.71 bits per heavy atom. The Labute approximate surface area is 127 Å². The molecule has 1 N–H and O–H groups in total. The van der Waals surface area contributed by atoms with E-state index >= 15 is 0 Å². The van der Waals surface area contributed by atoms with Crippen LogP contribution in [0.15, 0.2) is 6.07 Å². The molecule has 1 unspecified atom stereocenters. The summed E-state index contributed by atoms with van der Waals surface area (Å²) in [6, 6.07) is 1.69. The fourth-order valence-corrected chi connectivity index (χ4v) is 3.33. The van der Waals surface area contributed by atoms with E-state index in [4.69, 9.17) is 5.11 Å². The molecule has 0 aliphatic heterocycles. The molecule has 2 aromatic heterocycles. The maximum atomic E-state index is 12.6. The summed E-state index contributed by atoms with van der Waals surface area (Å²) in [5.41, 5.74) is 0.871. The monoisotopic (exact) mass is 309 g/mol. The predicted molar refractivity (Wildman–Crippen MR) is 81.8 cm³/mol. The highest BCUT2D eigenvalue weighted by atomic mass is 32.1. The van der Waals surface area contributed by atoms with Gasteiger partial charge in [0.1, 0.15) is 11.4 Å². The first-order valence-electron chi connectivity index (χ1n) is 6.81. The molecule has 0 aliphatic carbocycles. The molecule has 0 fully saturated rings. The molecule has 21 heavy (non-hydrogen) atoms. The van der Waals surface area contributed by atoms with Crippen LogP contribution in [-0.2, 0) is 11.8 Å². The standard InChI is InChI=1S/C14H19N3O3S/c1-5-8(2)17(7-12(18)19)13(20)11-6-10-9(3)15-16(4)14(10)21-11/h6,8H,5,7H2,1-4H3,(H,18,19). The highest BCUT2D eigenvalue weighted by molar-refractivity contribution is 7.20. The summed E-state index contributed by atoms with van der Waals surface area (Å²) in [6.45, 7) is 5.42. The van der Waals surface area contributed by atoms with Gasteiger partial charge < -0.3 is 10.0 Å². The van der Waals surface area contributed by atoms with Gasteiger partial charge in [-0.15, -0.1) is 11.3 Å². The van der Waals surface area contributed by atoms with Crippen molar-refractivity contribution in [2.75, 3.05) is 6.54 Å². The minimum absolute atomic E-state index is 0.113. The maximum Gasteiger partial charge on any atom is 0.323 e. The van der Waals surface area contributed by atoms with Crippen molar-refractivity contribution in [2.24, 2.45) is 7.05 Å². The van der Waals surface area contributed by atoms with E-state index in [1.807, 2.05) is 33.9 Å². The van der Waals surface area contributed by atoms with Crippen LogP contribution in [0.1, 0.15) is 35.6 Å². The summed E-state index contributed by atoms with van der Waals surface area (Å²) < 4.78 is 1.75. The fourth-order valence-electron chi connectivity index (χ4n) is 2.25. The molecule has 0 radical (unpaired) electrons. The third-order valence-corrected chi connectivity index (χ3v) is 4.79. The van der Waals surface area contributed by atoms with Gasteiger partial charge in [0.05, 0.1) is 10.6 Å². The lowest BCUT2D eigenvalue weighted by Crippen LogP contribution is -2.41. The smallest absolute Gasteiger partial charge is 0.323 e. The van der Waals surface area contributed by atoms with Crippen molar-refractivity contribution in [1.82, 2.24) is 14.7 Å². The van der Waals surface area contributed by atoms with Crippen LogP contribution in [0.2, 0.25) is 0 Å². The lowest BCUT2D eigenvalue weighted by molar-refractivity contribution is -0.138. The number of aliphatic carboxylic acids is 1. The summed E-state index contributed by atoms with van der Waals surface area (Å²) in [6.07, 6.45) is 0.713. The molecule has 1 atom stereocenters. The summed E-state index contributed by atoms with van der Waals surface area (Å²) in [5, 5.41) is 14.3. The van der Waals surface area contributed by atoms with Crippen molar-refractivity contribution in [3.63, 3.8) is 0 Å². The number of carbonyl (C=O) groups is 2. The van der Waals surface area contributed by atoms with Crippen LogP contribution < -0.4 is 0 Å². The van der Waals surface area contributed by atoms with E-state index in [0.29, 0.717) is 11.3 Å². The van der Waals surface area contributed by atoms with E-state index in [-0.39, 0.29) is 18.5 Å². The van der Waals surface area contributed by atoms with Crippen molar-refractivity contribution in [3.8, 4) is 0 Å². The van der Waals surface area contributed by atoms with Crippen molar-refractivity contribution in [2.45, 2.75) is 33.2 Å². The van der Waals surface area contributed by atoms with E-state index < -0.39 is 5.97 Å². The van der Waals surface area contributed by atoms with Crippen molar-refractivity contribution < 1.29 is 14.7 Å². The lowest BCUT2D eigenvalue weighted by atomic mass is 10.2. The van der Waals surface area contributed by atoms with Gasteiger partial charge in [0, 0.05) is 18.5 Å². The van der Waals surface area contributed by atoms with Gasteiger partial charge in [-0.25, -0.2) is 0 Å². The van der Waals surface area contributed by atoms with E-state index in [1.165, 1.54) is 16.2 Å². The number of carboxylic acids is 1. The molecule has 0 spiro atoms. The summed E-state index contributed by atoms with van der Waals surface area (Å²) >= 11 is 1.35. The minimum atomic E-state index is -0.998. The first-order valence-corrected chi connectivity index (χ1v) is 7.62. The Morgan fingerprint density at radius 2 is 2.19 bits per heavy atom. The molecule has 0 saturated heterocycles. The van der Waals surface area contributed by atoms with Crippen molar-refractivity contribution >= 4 is 33.4 Å². The van der Waals surface area contributed by atoms with Gasteiger partial charge in [0.25, 0.3) is 5.91 Å². The molecule has 114 valence electrons. The molecule has 0 bridgehead atoms. The average molecular weight is 309 g/mol. The molecule has 7 heteroatoms. The van der Waals surface area contributed by atoms with Crippen molar-refractivity contribution in [3.05, 3.63) is 16.6 Å². The Bertz CT molecular complexity index is 654. The third kappa shape index (κ3) is 2.92. The molecular formula is C14H19N3O3S. The molecule has 6 nitrogen and oxygen atoms in total. The van der Waals surface area contributed by atoms with E-state index in [0.717, 1.165) is 15.9 Å². The topological polar surface area (TPSA) is 75.4 Å². The average Bonchev–Trinajstić information content (AvgIpc) is 2.97. The fraction of sp³-hybridized carbons (Fsp3) is 0.500. The quantitative estimate of drug-likeness (QED) is 0.919. The number of hydrogen-bond donors (Lipinski definition) is 1. The van der Waals surface area contributed by atoms with Gasteiger partial charge in [-0.05, 0) is 26.3 Å². The van der Waals surface area contributed by atoms with Crippen molar-refractivity contribution in [1.29, 1.82) is 0 Å². The SMILES string of the molecule is CCC(C)N(CC(=O)O)C(=O)c1cc2c(C)nn(C)c2s1. The number of carbonyl (C=O) groups excluding carboxylic acids is 1. The molecule has 0 aromatic carbocycles. The Hall–Kier alpha value is -1.89. The summed E-state index contributed by atoms with van der Waals surface area (Å²) in [4.78, 5) is 26.5. The predicted octanol–water partition coefficient (Wildman–Crippen LogP) is 2.27. The Morgan fingerprint density at radius 1 is 1.52 bits per heavy atom. The summed E-state index contributed by atoms with van der Waals surface area (Å²) in [5.74, 6) is -1.23. The summed E-state index contributed by atoms with van der Waals surface area (Å²) in [7, 11) is 1.84. The minimum Gasteiger partial charge on any atom is -0.480 e. The van der Waals surface area contributed by atoms with Crippen LogP contribution in [0, 0.1) is 6.92 Å². The second kappa shape index (κ2) is 5.85. The number of fused-ring (bicyclic) bond motifs is 1. The number of carboxylic acid groups (broad SMARTS) is 1. The number of rotatable bonds is 5. The normalized spacial score (nSPS) is 12.6. The third-order valence-electron chi connectivity index (χ3n) is 3.60. The van der Waals surface area contributed by atoms with E-state index in [9.17, 15) is 9.59 Å². The number of aryl methyl sites for hydroxylation is 2. The number of nitrogens with zero attached hydrogens (tertiary/aromatic N) is 3. The van der Waals surface area contributed by atoms with E-state index in [1.54, 1.807) is 4.68 Å². The van der Waals surface area contributed by atoms with Gasteiger partial charge >= 0.3 is 5.97 Å². The van der Waals surface area contributed by atoms with Gasteiger partial charge in [0.15, 0.2) is 0 Å². The zero-order chi connectivity index (χ0) is 15.7. The van der Waals surface area contributed by atoms with Gasteiger partial charge in [-0.1, -0.05) is 6.92 Å². The van der Waals surface area contributed by atoms with Crippen LogP contribution in [0.5, 0.6) is 0 Å². The number of hydrogen-bond acceptors (Lipinski definition) is 4. The number of thiophene rings is 1. The highest BCUT2D eigenvalue weighted by Gasteiger charge is 2.25. The molecule has 2 heterocycles. The maximum absolute atomic E-state index is 12.6. The van der Waals surface area contributed by atoms with Gasteiger partial charge in [-0.3, -0.25) is 14.3 Å². The number of amides is 1. The first kappa shape index (κ1) is 15.5. The van der Waals surface area contributed by atoms with Crippen LogP contribution >= 0.6 is 11.3 Å². The molecule has 0 saturated carbocycles. The molecule has 2 aromatic rings. The Kier molecular flexibility index (Phi) is 4.32. The Balaban J connectivity index is 2.38. The van der Waals surface area contributed by atoms with Crippen LogP contribution in [0.4, 0.5) is 0 Å². The second-order valence-electron chi connectivity index (χ2n) is 5.12. The van der Waals surface area contributed by atoms with Crippen LogP contribution in [0.3, 0.4) is 0 Å². The molecule has 1 amide bonds. The van der Waals surface area contributed by atoms with Crippen LogP contribution in [-0.4, -0.2) is 44.3 Å². The molecular weight excluding hydrogens is 290 g/mol. The van der Waals surface area contributed by atoms with E-state index in [2.05, 4.69) is 5.10 Å². The highest BCUT2D eigenvalue weighted by Crippen LogP contribution is 2.29. The second-order valence-corrected chi connectivity index (χ2v) is 6.15. The molecule has 0 aliphatic rings. The van der Waals surface area contributed by atoms with Crippen LogP contribution in [0.25, 0.3) is 10.2 Å². The lowest BCUT2D eigenvalue weighted by Gasteiger charge is -2.26.